The number of hydrogen-bond acceptors (Lipinski definition) is 4. The van der Waals surface area contributed by atoms with Crippen molar-refractivity contribution in [3.8, 4) is 5.75 Å². The number of para-hydroxylation sites is 1. The van der Waals surface area contributed by atoms with E-state index >= 15 is 0 Å². The zero-order valence-corrected chi connectivity index (χ0v) is 16.9. The van der Waals surface area contributed by atoms with Crippen LogP contribution in [0.4, 0.5) is 0 Å². The molecule has 1 aromatic carbocycles. The van der Waals surface area contributed by atoms with Crippen molar-refractivity contribution in [3.05, 3.63) is 41.5 Å². The predicted octanol–water partition coefficient (Wildman–Crippen LogP) is 1.66. The van der Waals surface area contributed by atoms with Crippen LogP contribution in [0.25, 0.3) is 0 Å². The van der Waals surface area contributed by atoms with E-state index in [1.165, 1.54) is 5.56 Å². The number of rotatable bonds is 6. The average molecular weight is 444 g/mol. The fraction of sp³-hybridized carbons (Fsp3) is 0.438. The Bertz CT molecular complexity index is 670. The van der Waals surface area contributed by atoms with Gasteiger partial charge in [-0.3, -0.25) is 4.99 Å². The number of nitrogens with one attached hydrogen (secondary N) is 2. The SMILES string of the molecule is CN=C(NCCc1ccccc1OC)NCc1nnc(C)n1C.I. The third-order valence-electron chi connectivity index (χ3n) is 3.70. The van der Waals surface area contributed by atoms with E-state index in [2.05, 4.69) is 31.9 Å². The van der Waals surface area contributed by atoms with Crippen molar-refractivity contribution in [3.63, 3.8) is 0 Å². The average Bonchev–Trinajstić information content (AvgIpc) is 2.90. The molecule has 0 amide bonds. The van der Waals surface area contributed by atoms with Crippen LogP contribution in [0.3, 0.4) is 0 Å². The summed E-state index contributed by atoms with van der Waals surface area (Å²) in [5.74, 6) is 3.41. The monoisotopic (exact) mass is 444 g/mol. The lowest BCUT2D eigenvalue weighted by molar-refractivity contribution is 0.409. The Morgan fingerprint density at radius 2 is 2.00 bits per heavy atom. The topological polar surface area (TPSA) is 76.4 Å². The maximum absolute atomic E-state index is 5.36. The van der Waals surface area contributed by atoms with E-state index in [-0.39, 0.29) is 24.0 Å². The third-order valence-corrected chi connectivity index (χ3v) is 3.70. The van der Waals surface area contributed by atoms with Crippen LogP contribution >= 0.6 is 24.0 Å². The van der Waals surface area contributed by atoms with Crippen molar-refractivity contribution in [1.29, 1.82) is 0 Å². The van der Waals surface area contributed by atoms with Crippen LogP contribution in [0, 0.1) is 6.92 Å². The van der Waals surface area contributed by atoms with Gasteiger partial charge in [-0.2, -0.15) is 0 Å². The van der Waals surface area contributed by atoms with Crippen LogP contribution in [0.1, 0.15) is 17.2 Å². The van der Waals surface area contributed by atoms with Gasteiger partial charge in [0.05, 0.1) is 13.7 Å². The molecular formula is C16H25IN6O. The number of aryl methyl sites for hydroxylation is 1. The van der Waals surface area contributed by atoms with Crippen LogP contribution in [-0.4, -0.2) is 41.4 Å². The number of guanidine groups is 1. The summed E-state index contributed by atoms with van der Waals surface area (Å²) in [7, 11) is 5.39. The standard InChI is InChI=1S/C16H24N6O.HI/c1-12-20-21-15(22(12)3)11-19-16(17-2)18-10-9-13-7-5-6-8-14(13)23-4;/h5-8H,9-11H2,1-4H3,(H2,17,18,19);1H. The van der Waals surface area contributed by atoms with E-state index in [1.54, 1.807) is 14.2 Å². The minimum atomic E-state index is 0. The highest BCUT2D eigenvalue weighted by Gasteiger charge is 2.06. The van der Waals surface area contributed by atoms with Gasteiger partial charge >= 0.3 is 0 Å². The molecule has 2 rings (SSSR count). The normalized spacial score (nSPS) is 10.9. The van der Waals surface area contributed by atoms with Crippen molar-refractivity contribution in [2.75, 3.05) is 20.7 Å². The molecular weight excluding hydrogens is 419 g/mol. The number of ether oxygens (including phenoxy) is 1. The number of aromatic nitrogens is 3. The second-order valence-electron chi connectivity index (χ2n) is 5.14. The Hall–Kier alpha value is -1.84. The second-order valence-corrected chi connectivity index (χ2v) is 5.14. The Morgan fingerprint density at radius 1 is 1.25 bits per heavy atom. The molecule has 1 aromatic heterocycles. The molecule has 0 radical (unpaired) electrons. The van der Waals surface area contributed by atoms with E-state index in [0.29, 0.717) is 6.54 Å². The summed E-state index contributed by atoms with van der Waals surface area (Å²) in [6.07, 6.45) is 0.855. The molecule has 0 aliphatic rings. The molecule has 24 heavy (non-hydrogen) atoms. The first-order valence-electron chi connectivity index (χ1n) is 7.57. The summed E-state index contributed by atoms with van der Waals surface area (Å²) >= 11 is 0. The zero-order chi connectivity index (χ0) is 16.7. The molecule has 7 nitrogen and oxygen atoms in total. The van der Waals surface area contributed by atoms with Crippen LogP contribution in [0.2, 0.25) is 0 Å². The number of benzene rings is 1. The third kappa shape index (κ3) is 5.36. The van der Waals surface area contributed by atoms with Gasteiger partial charge in [0, 0.05) is 20.6 Å². The largest absolute Gasteiger partial charge is 0.496 e. The van der Waals surface area contributed by atoms with Gasteiger partial charge in [-0.05, 0) is 25.0 Å². The quantitative estimate of drug-likeness (QED) is 0.403. The smallest absolute Gasteiger partial charge is 0.191 e. The van der Waals surface area contributed by atoms with Gasteiger partial charge in [0.2, 0.25) is 0 Å². The molecule has 0 bridgehead atoms. The molecule has 0 saturated carbocycles. The summed E-state index contributed by atoms with van der Waals surface area (Å²) in [6, 6.07) is 8.03. The molecule has 132 valence electrons. The molecule has 1 heterocycles. The molecule has 0 saturated heterocycles. The highest BCUT2D eigenvalue weighted by atomic mass is 127. The molecule has 0 spiro atoms. The summed E-state index contributed by atoms with van der Waals surface area (Å²) in [5.41, 5.74) is 1.17. The number of nitrogens with zero attached hydrogens (tertiary/aromatic N) is 4. The van der Waals surface area contributed by atoms with Gasteiger partial charge in [-0.25, -0.2) is 0 Å². The predicted molar refractivity (Wildman–Crippen MR) is 106 cm³/mol. The van der Waals surface area contributed by atoms with Gasteiger partial charge in [-0.1, -0.05) is 18.2 Å². The first-order chi connectivity index (χ1) is 11.2. The molecule has 0 fully saturated rings. The Labute approximate surface area is 159 Å². The molecule has 0 aliphatic carbocycles. The van der Waals surface area contributed by atoms with Crippen LogP contribution in [-0.2, 0) is 20.0 Å². The van der Waals surface area contributed by atoms with Gasteiger partial charge < -0.3 is 19.9 Å². The molecule has 0 atom stereocenters. The van der Waals surface area contributed by atoms with E-state index in [0.717, 1.165) is 36.3 Å². The van der Waals surface area contributed by atoms with E-state index < -0.39 is 0 Å². The minimum absolute atomic E-state index is 0. The van der Waals surface area contributed by atoms with Crippen LogP contribution < -0.4 is 15.4 Å². The maximum Gasteiger partial charge on any atom is 0.191 e. The Balaban J connectivity index is 0.00000288. The molecule has 2 aromatic rings. The van der Waals surface area contributed by atoms with E-state index in [4.69, 9.17) is 4.74 Å². The summed E-state index contributed by atoms with van der Waals surface area (Å²) in [6.45, 7) is 3.26. The number of methoxy groups -OCH3 is 1. The number of aliphatic imine (C=N–C) groups is 1. The van der Waals surface area contributed by atoms with Crippen LogP contribution in [0.15, 0.2) is 29.3 Å². The van der Waals surface area contributed by atoms with Crippen molar-refractivity contribution >= 4 is 29.9 Å². The lowest BCUT2D eigenvalue weighted by Crippen LogP contribution is -2.38. The highest BCUT2D eigenvalue weighted by Crippen LogP contribution is 2.17. The zero-order valence-electron chi connectivity index (χ0n) is 14.5. The maximum atomic E-state index is 5.36. The lowest BCUT2D eigenvalue weighted by atomic mass is 10.1. The fourth-order valence-electron chi connectivity index (χ4n) is 2.21. The Kier molecular flexibility index (Phi) is 8.51. The van der Waals surface area contributed by atoms with Gasteiger partial charge in [0.15, 0.2) is 11.8 Å². The lowest BCUT2D eigenvalue weighted by Gasteiger charge is -2.13. The number of hydrogen-bond donors (Lipinski definition) is 2. The Morgan fingerprint density at radius 3 is 2.62 bits per heavy atom. The first kappa shape index (κ1) is 20.2. The van der Waals surface area contributed by atoms with Crippen LogP contribution in [0.5, 0.6) is 5.75 Å². The van der Waals surface area contributed by atoms with Gasteiger partial charge in [0.1, 0.15) is 11.6 Å². The van der Waals surface area contributed by atoms with Crippen molar-refractivity contribution in [2.45, 2.75) is 19.9 Å². The molecule has 0 aliphatic heterocycles. The van der Waals surface area contributed by atoms with Gasteiger partial charge in [-0.15, -0.1) is 34.2 Å². The summed E-state index contributed by atoms with van der Waals surface area (Å²) < 4.78 is 7.31. The van der Waals surface area contributed by atoms with E-state index in [1.807, 2.05) is 36.7 Å². The summed E-state index contributed by atoms with van der Waals surface area (Å²) in [4.78, 5) is 4.22. The molecule has 2 N–H and O–H groups in total. The first-order valence-corrected chi connectivity index (χ1v) is 7.57. The second kappa shape index (κ2) is 10.1. The number of halogens is 1. The molecule has 8 heteroatoms. The van der Waals surface area contributed by atoms with Crippen molar-refractivity contribution in [1.82, 2.24) is 25.4 Å². The van der Waals surface area contributed by atoms with E-state index in [9.17, 15) is 0 Å². The highest BCUT2D eigenvalue weighted by molar-refractivity contribution is 14.0. The minimum Gasteiger partial charge on any atom is -0.496 e. The van der Waals surface area contributed by atoms with Crippen molar-refractivity contribution < 1.29 is 4.74 Å². The van der Waals surface area contributed by atoms with Crippen molar-refractivity contribution in [2.24, 2.45) is 12.0 Å². The fourth-order valence-corrected chi connectivity index (χ4v) is 2.21. The molecule has 0 unspecified atom stereocenters. The van der Waals surface area contributed by atoms with Gasteiger partial charge in [0.25, 0.3) is 0 Å². The summed E-state index contributed by atoms with van der Waals surface area (Å²) in [5, 5.41) is 14.7.